The van der Waals surface area contributed by atoms with Crippen molar-refractivity contribution in [2.45, 2.75) is 25.8 Å². The summed E-state index contributed by atoms with van der Waals surface area (Å²) < 4.78 is 1.68. The van der Waals surface area contributed by atoms with Crippen LogP contribution in [0, 0.1) is 0 Å². The molecule has 0 bridgehead atoms. The molecule has 0 radical (unpaired) electrons. The highest BCUT2D eigenvalue weighted by Gasteiger charge is 2.31. The van der Waals surface area contributed by atoms with Crippen molar-refractivity contribution in [3.63, 3.8) is 0 Å². The van der Waals surface area contributed by atoms with Crippen molar-refractivity contribution in [3.8, 4) is 5.69 Å². The van der Waals surface area contributed by atoms with Gasteiger partial charge in [-0.25, -0.2) is 0 Å². The quantitative estimate of drug-likeness (QED) is 0.665. The predicted molar refractivity (Wildman–Crippen MR) is 123 cm³/mol. The van der Waals surface area contributed by atoms with Crippen LogP contribution in [0.15, 0.2) is 64.7 Å². The van der Waals surface area contributed by atoms with Crippen LogP contribution in [0.3, 0.4) is 0 Å². The van der Waals surface area contributed by atoms with Crippen LogP contribution < -0.4 is 10.9 Å². The van der Waals surface area contributed by atoms with Crippen molar-refractivity contribution in [1.82, 2.24) is 19.8 Å². The number of aromatic amines is 1. The summed E-state index contributed by atoms with van der Waals surface area (Å²) in [6.07, 6.45) is 7.72. The molecule has 0 spiro atoms. The van der Waals surface area contributed by atoms with Gasteiger partial charge in [0.05, 0.1) is 12.2 Å². The number of halogens is 1. The van der Waals surface area contributed by atoms with Crippen molar-refractivity contribution in [2.24, 2.45) is 0 Å². The number of likely N-dealkylation sites (tertiary alicyclic amines) is 1. The zero-order valence-corrected chi connectivity index (χ0v) is 17.9. The van der Waals surface area contributed by atoms with Crippen LogP contribution in [0.5, 0.6) is 0 Å². The first kappa shape index (κ1) is 19.2. The van der Waals surface area contributed by atoms with Crippen LogP contribution in [0.1, 0.15) is 30.9 Å². The first-order valence-electron chi connectivity index (χ1n) is 10.4. The number of hydrogen-bond acceptors (Lipinski definition) is 3. The van der Waals surface area contributed by atoms with E-state index in [0.717, 1.165) is 40.6 Å². The molecule has 3 aromatic rings. The molecular weight excluding hydrogens is 396 g/mol. The average molecular weight is 421 g/mol. The molecular formula is C24H25ClN4O. The van der Waals surface area contributed by atoms with Gasteiger partial charge in [-0.05, 0) is 49.8 Å². The molecule has 0 unspecified atom stereocenters. The Hall–Kier alpha value is -2.76. The third kappa shape index (κ3) is 3.38. The molecule has 2 N–H and O–H groups in total. The van der Waals surface area contributed by atoms with E-state index in [1.807, 2.05) is 30.5 Å². The molecule has 154 valence electrons. The summed E-state index contributed by atoms with van der Waals surface area (Å²) in [4.78, 5) is 18.7. The molecule has 1 aromatic carbocycles. The maximum atomic E-state index is 12.8. The number of nitrogens with zero attached hydrogens (tertiary/aromatic N) is 2. The first-order chi connectivity index (χ1) is 14.5. The number of benzene rings is 1. The summed E-state index contributed by atoms with van der Waals surface area (Å²) in [5, 5.41) is 5.24. The number of hydrogen-bond donors (Lipinski definition) is 2. The predicted octanol–water partition coefficient (Wildman–Crippen LogP) is 4.19. The highest BCUT2D eigenvalue weighted by molar-refractivity contribution is 6.30. The standard InChI is InChI=1S/C24H25ClN4O/c1-15(2)28-13-17(14-28)21-12-27-23-10-19(4-5-20(21)23)29-8-7-16(9-24(29)30)22-6-3-18(25)11-26-22/h3-10,12,15,17,26-27H,11,13-14H2,1-2H3. The van der Waals surface area contributed by atoms with E-state index in [1.165, 1.54) is 10.9 Å². The van der Waals surface area contributed by atoms with E-state index < -0.39 is 0 Å². The van der Waals surface area contributed by atoms with E-state index in [0.29, 0.717) is 18.5 Å². The molecule has 2 aliphatic rings. The number of aromatic nitrogens is 2. The molecule has 6 heteroatoms. The lowest BCUT2D eigenvalue weighted by Gasteiger charge is -2.42. The average Bonchev–Trinajstić information content (AvgIpc) is 3.10. The van der Waals surface area contributed by atoms with Crippen molar-refractivity contribution in [2.75, 3.05) is 19.6 Å². The highest BCUT2D eigenvalue weighted by atomic mass is 35.5. The topological polar surface area (TPSA) is 53.1 Å². The summed E-state index contributed by atoms with van der Waals surface area (Å²) in [6, 6.07) is 10.4. The van der Waals surface area contributed by atoms with E-state index in [9.17, 15) is 4.79 Å². The van der Waals surface area contributed by atoms with E-state index in [1.54, 1.807) is 10.6 Å². The van der Waals surface area contributed by atoms with E-state index in [2.05, 4.69) is 47.4 Å². The number of pyridine rings is 1. The number of nitrogens with one attached hydrogen (secondary N) is 2. The first-order valence-corrected chi connectivity index (χ1v) is 10.8. The molecule has 0 atom stereocenters. The maximum absolute atomic E-state index is 12.8. The van der Waals surface area contributed by atoms with Crippen LogP contribution in [0.25, 0.3) is 22.3 Å². The van der Waals surface area contributed by atoms with Gasteiger partial charge in [0, 0.05) is 70.7 Å². The molecule has 2 aromatic heterocycles. The molecule has 0 aliphatic carbocycles. The van der Waals surface area contributed by atoms with Gasteiger partial charge in [-0.2, -0.15) is 0 Å². The van der Waals surface area contributed by atoms with Crippen molar-refractivity contribution in [1.29, 1.82) is 0 Å². The lowest BCUT2D eigenvalue weighted by molar-refractivity contribution is 0.110. The lowest BCUT2D eigenvalue weighted by atomic mass is 9.90. The van der Waals surface area contributed by atoms with Gasteiger partial charge >= 0.3 is 0 Å². The zero-order valence-electron chi connectivity index (χ0n) is 17.2. The Labute approximate surface area is 180 Å². The smallest absolute Gasteiger partial charge is 0.255 e. The SMILES string of the molecule is CC(C)N1CC(c2c[nH]c3cc(-n4ccc(C5=CC=C(Cl)CN5)cc4=O)ccc23)C1. The highest BCUT2D eigenvalue weighted by Crippen LogP contribution is 2.34. The van der Waals surface area contributed by atoms with Gasteiger partial charge in [0.15, 0.2) is 0 Å². The molecule has 5 rings (SSSR count). The molecule has 0 amide bonds. The molecule has 1 saturated heterocycles. The van der Waals surface area contributed by atoms with Crippen molar-refractivity contribution >= 4 is 28.2 Å². The Bertz CT molecular complexity index is 1230. The van der Waals surface area contributed by atoms with Crippen LogP contribution in [0.2, 0.25) is 0 Å². The second kappa shape index (κ2) is 7.49. The minimum absolute atomic E-state index is 0.0615. The molecule has 0 saturated carbocycles. The number of fused-ring (bicyclic) bond motifs is 1. The number of rotatable bonds is 4. The fraction of sp³-hybridized carbons (Fsp3) is 0.292. The van der Waals surface area contributed by atoms with Gasteiger partial charge < -0.3 is 10.3 Å². The second-order valence-corrected chi connectivity index (χ2v) is 8.88. The Kier molecular flexibility index (Phi) is 4.80. The molecule has 2 aliphatic heterocycles. The number of H-pyrrole nitrogens is 1. The van der Waals surface area contributed by atoms with E-state index in [4.69, 9.17) is 11.6 Å². The maximum Gasteiger partial charge on any atom is 0.255 e. The Morgan fingerprint density at radius 1 is 1.13 bits per heavy atom. The summed E-state index contributed by atoms with van der Waals surface area (Å²) in [7, 11) is 0. The van der Waals surface area contributed by atoms with Crippen molar-refractivity contribution in [3.05, 3.63) is 81.4 Å². The number of dihydropyridines is 1. The van der Waals surface area contributed by atoms with Crippen LogP contribution in [-0.4, -0.2) is 40.1 Å². The van der Waals surface area contributed by atoms with Gasteiger partial charge in [-0.3, -0.25) is 14.3 Å². The van der Waals surface area contributed by atoms with Gasteiger partial charge in [-0.15, -0.1) is 0 Å². The lowest BCUT2D eigenvalue weighted by Crippen LogP contribution is -2.48. The molecule has 30 heavy (non-hydrogen) atoms. The Morgan fingerprint density at radius 3 is 2.67 bits per heavy atom. The summed E-state index contributed by atoms with van der Waals surface area (Å²) in [5.41, 5.74) is 5.01. The zero-order chi connectivity index (χ0) is 20.8. The number of allylic oxidation sites excluding steroid dienone is 2. The molecule has 4 heterocycles. The van der Waals surface area contributed by atoms with Crippen LogP contribution in [-0.2, 0) is 0 Å². The van der Waals surface area contributed by atoms with Gasteiger partial charge in [-0.1, -0.05) is 17.7 Å². The fourth-order valence-corrected chi connectivity index (χ4v) is 4.41. The normalized spacial score (nSPS) is 17.6. The third-order valence-electron chi connectivity index (χ3n) is 6.16. The Balaban J connectivity index is 1.42. The minimum Gasteiger partial charge on any atom is -0.380 e. The molecule has 5 nitrogen and oxygen atoms in total. The van der Waals surface area contributed by atoms with E-state index in [-0.39, 0.29) is 5.56 Å². The summed E-state index contributed by atoms with van der Waals surface area (Å²) in [5.74, 6) is 0.577. The van der Waals surface area contributed by atoms with Gasteiger partial charge in [0.2, 0.25) is 0 Å². The fourth-order valence-electron chi connectivity index (χ4n) is 4.28. The van der Waals surface area contributed by atoms with E-state index >= 15 is 0 Å². The largest absolute Gasteiger partial charge is 0.380 e. The van der Waals surface area contributed by atoms with Gasteiger partial charge in [0.1, 0.15) is 0 Å². The summed E-state index contributed by atoms with van der Waals surface area (Å²) >= 11 is 5.99. The second-order valence-electron chi connectivity index (χ2n) is 8.39. The monoisotopic (exact) mass is 420 g/mol. The third-order valence-corrected chi connectivity index (χ3v) is 6.42. The molecule has 1 fully saturated rings. The van der Waals surface area contributed by atoms with Crippen LogP contribution in [0.4, 0.5) is 0 Å². The van der Waals surface area contributed by atoms with Gasteiger partial charge in [0.25, 0.3) is 5.56 Å². The van der Waals surface area contributed by atoms with Crippen molar-refractivity contribution < 1.29 is 0 Å². The Morgan fingerprint density at radius 2 is 1.97 bits per heavy atom. The minimum atomic E-state index is -0.0615. The summed E-state index contributed by atoms with van der Waals surface area (Å²) in [6.45, 7) is 7.29. The van der Waals surface area contributed by atoms with Crippen LogP contribution >= 0.6 is 11.6 Å².